The first-order valence-corrected chi connectivity index (χ1v) is 7.99. The number of aliphatic hydroxyl groups excluding tert-OH is 2. The molecular formula is C18H29NO5. The van der Waals surface area contributed by atoms with E-state index in [0.29, 0.717) is 11.3 Å². The third-order valence-electron chi connectivity index (χ3n) is 2.86. The lowest BCUT2D eigenvalue weighted by atomic mass is 10.0. The fraction of sp³-hybridized carbons (Fsp3) is 0.611. The standard InChI is InChI=1S/C18H29NO5/c1-17(2,3)23-13-9-7-12(8-10-13)15(21)14(20)11-19-16(22)24-18(4,5)6/h7-10,14-15,20-21H,11H2,1-6H3,(H,19,22). The highest BCUT2D eigenvalue weighted by Crippen LogP contribution is 2.23. The topological polar surface area (TPSA) is 88.0 Å². The van der Waals surface area contributed by atoms with Gasteiger partial charge in [-0.15, -0.1) is 0 Å². The third kappa shape index (κ3) is 7.66. The molecule has 0 radical (unpaired) electrons. The molecule has 24 heavy (non-hydrogen) atoms. The molecule has 0 saturated heterocycles. The number of aliphatic hydroxyl groups is 2. The summed E-state index contributed by atoms with van der Waals surface area (Å²) in [6.07, 6.45) is -2.90. The number of hydrogen-bond donors (Lipinski definition) is 3. The van der Waals surface area contributed by atoms with E-state index in [1.54, 1.807) is 45.0 Å². The van der Waals surface area contributed by atoms with Gasteiger partial charge >= 0.3 is 6.09 Å². The maximum atomic E-state index is 11.6. The molecule has 0 aromatic heterocycles. The van der Waals surface area contributed by atoms with Gasteiger partial charge in [0.15, 0.2) is 0 Å². The van der Waals surface area contributed by atoms with Crippen LogP contribution in [0, 0.1) is 0 Å². The van der Waals surface area contributed by atoms with Crippen molar-refractivity contribution in [1.82, 2.24) is 5.32 Å². The fourth-order valence-electron chi connectivity index (χ4n) is 1.92. The van der Waals surface area contributed by atoms with E-state index in [0.717, 1.165) is 0 Å². The molecule has 0 aliphatic heterocycles. The number of benzene rings is 1. The van der Waals surface area contributed by atoms with Crippen LogP contribution in [0.3, 0.4) is 0 Å². The SMILES string of the molecule is CC(C)(C)OC(=O)NCC(O)C(O)c1ccc(OC(C)(C)C)cc1. The molecule has 0 fully saturated rings. The van der Waals surface area contributed by atoms with Gasteiger partial charge in [-0.2, -0.15) is 0 Å². The minimum Gasteiger partial charge on any atom is -0.488 e. The van der Waals surface area contributed by atoms with Crippen molar-refractivity contribution >= 4 is 6.09 Å². The van der Waals surface area contributed by atoms with Crippen LogP contribution in [-0.2, 0) is 4.74 Å². The van der Waals surface area contributed by atoms with E-state index in [2.05, 4.69) is 5.32 Å². The van der Waals surface area contributed by atoms with Gasteiger partial charge in [0.1, 0.15) is 29.2 Å². The van der Waals surface area contributed by atoms with Crippen LogP contribution in [-0.4, -0.2) is 40.2 Å². The first-order valence-electron chi connectivity index (χ1n) is 7.99. The van der Waals surface area contributed by atoms with Crippen molar-refractivity contribution < 1.29 is 24.5 Å². The van der Waals surface area contributed by atoms with E-state index in [-0.39, 0.29) is 12.1 Å². The van der Waals surface area contributed by atoms with Crippen molar-refractivity contribution in [2.24, 2.45) is 0 Å². The lowest BCUT2D eigenvalue weighted by molar-refractivity contribution is 0.0129. The van der Waals surface area contributed by atoms with Crippen LogP contribution in [0.5, 0.6) is 5.75 Å². The average Bonchev–Trinajstić information content (AvgIpc) is 2.41. The number of amides is 1. The van der Waals surface area contributed by atoms with E-state index < -0.39 is 23.9 Å². The van der Waals surface area contributed by atoms with Crippen LogP contribution >= 0.6 is 0 Å². The quantitative estimate of drug-likeness (QED) is 0.768. The Balaban J connectivity index is 2.56. The number of carbonyl (C=O) groups excluding carboxylic acids is 1. The van der Waals surface area contributed by atoms with Gasteiger partial charge in [0.2, 0.25) is 0 Å². The van der Waals surface area contributed by atoms with Crippen LogP contribution in [0.2, 0.25) is 0 Å². The van der Waals surface area contributed by atoms with Gasteiger partial charge in [0.25, 0.3) is 0 Å². The highest BCUT2D eigenvalue weighted by molar-refractivity contribution is 5.67. The monoisotopic (exact) mass is 339 g/mol. The Morgan fingerprint density at radius 3 is 2.04 bits per heavy atom. The Morgan fingerprint density at radius 1 is 1.04 bits per heavy atom. The molecule has 1 aromatic carbocycles. The first-order chi connectivity index (χ1) is 10.9. The van der Waals surface area contributed by atoms with Crippen LogP contribution < -0.4 is 10.1 Å². The molecule has 2 unspecified atom stereocenters. The van der Waals surface area contributed by atoms with Gasteiger partial charge in [-0.1, -0.05) is 12.1 Å². The summed E-state index contributed by atoms with van der Waals surface area (Å²) < 4.78 is 10.8. The summed E-state index contributed by atoms with van der Waals surface area (Å²) >= 11 is 0. The molecule has 6 nitrogen and oxygen atoms in total. The van der Waals surface area contributed by atoms with Gasteiger partial charge in [-0.05, 0) is 59.2 Å². The first kappa shape index (κ1) is 20.3. The second-order valence-corrected chi connectivity index (χ2v) is 7.68. The largest absolute Gasteiger partial charge is 0.488 e. The van der Waals surface area contributed by atoms with E-state index in [4.69, 9.17) is 9.47 Å². The third-order valence-corrected chi connectivity index (χ3v) is 2.86. The second-order valence-electron chi connectivity index (χ2n) is 7.68. The molecule has 1 aromatic rings. The molecule has 0 bridgehead atoms. The molecule has 3 N–H and O–H groups in total. The minimum absolute atomic E-state index is 0.115. The van der Waals surface area contributed by atoms with Crippen molar-refractivity contribution in [3.63, 3.8) is 0 Å². The molecule has 136 valence electrons. The van der Waals surface area contributed by atoms with Crippen LogP contribution in [0.15, 0.2) is 24.3 Å². The second kappa shape index (κ2) is 7.85. The van der Waals surface area contributed by atoms with Crippen LogP contribution in [0.25, 0.3) is 0 Å². The minimum atomic E-state index is -1.15. The number of rotatable bonds is 5. The molecular weight excluding hydrogens is 310 g/mol. The van der Waals surface area contributed by atoms with Gasteiger partial charge in [-0.3, -0.25) is 0 Å². The summed E-state index contributed by atoms with van der Waals surface area (Å²) in [5.74, 6) is 0.680. The molecule has 0 aliphatic carbocycles. The molecule has 0 saturated carbocycles. The Morgan fingerprint density at radius 2 is 1.58 bits per heavy atom. The number of nitrogens with one attached hydrogen (secondary N) is 1. The molecule has 0 spiro atoms. The lowest BCUT2D eigenvalue weighted by Gasteiger charge is -2.23. The summed E-state index contributed by atoms with van der Waals surface area (Å²) in [4.78, 5) is 11.6. The number of ether oxygens (including phenoxy) is 2. The summed E-state index contributed by atoms with van der Waals surface area (Å²) in [6.45, 7) is 11.0. The number of alkyl carbamates (subject to hydrolysis) is 1. The molecule has 1 amide bonds. The highest BCUT2D eigenvalue weighted by Gasteiger charge is 2.21. The fourth-order valence-corrected chi connectivity index (χ4v) is 1.92. The van der Waals surface area contributed by atoms with Gasteiger partial charge in [0.05, 0.1) is 0 Å². The number of carbonyl (C=O) groups is 1. The normalized spacial score (nSPS) is 14.7. The zero-order valence-electron chi connectivity index (χ0n) is 15.3. The zero-order valence-corrected chi connectivity index (χ0v) is 15.3. The van der Waals surface area contributed by atoms with Crippen molar-refractivity contribution in [3.8, 4) is 5.75 Å². The van der Waals surface area contributed by atoms with Gasteiger partial charge < -0.3 is 25.0 Å². The van der Waals surface area contributed by atoms with E-state index >= 15 is 0 Å². The van der Waals surface area contributed by atoms with Gasteiger partial charge in [-0.25, -0.2) is 4.79 Å². The predicted octanol–water partition coefficient (Wildman–Crippen LogP) is 2.78. The summed E-state index contributed by atoms with van der Waals surface area (Å²) in [7, 11) is 0. The van der Waals surface area contributed by atoms with Gasteiger partial charge in [0, 0.05) is 6.54 Å². The van der Waals surface area contributed by atoms with E-state index in [1.165, 1.54) is 0 Å². The van der Waals surface area contributed by atoms with E-state index in [1.807, 2.05) is 20.8 Å². The molecule has 1 rings (SSSR count). The molecule has 0 aliphatic rings. The molecule has 2 atom stereocenters. The van der Waals surface area contributed by atoms with Crippen LogP contribution in [0.1, 0.15) is 53.2 Å². The predicted molar refractivity (Wildman–Crippen MR) is 92.0 cm³/mol. The highest BCUT2D eigenvalue weighted by atomic mass is 16.6. The van der Waals surface area contributed by atoms with Crippen molar-refractivity contribution in [2.75, 3.05) is 6.54 Å². The maximum absolute atomic E-state index is 11.6. The molecule has 6 heteroatoms. The smallest absolute Gasteiger partial charge is 0.407 e. The van der Waals surface area contributed by atoms with Crippen molar-refractivity contribution in [1.29, 1.82) is 0 Å². The Bertz CT molecular complexity index is 528. The zero-order chi connectivity index (χ0) is 18.5. The Kier molecular flexibility index (Phi) is 6.63. The summed E-state index contributed by atoms with van der Waals surface area (Å²) in [5.41, 5.74) is -0.386. The molecule has 0 heterocycles. The van der Waals surface area contributed by atoms with Crippen molar-refractivity contribution in [3.05, 3.63) is 29.8 Å². The summed E-state index contributed by atoms with van der Waals surface area (Å²) in [5, 5.41) is 22.6. The van der Waals surface area contributed by atoms with Crippen LogP contribution in [0.4, 0.5) is 4.79 Å². The Hall–Kier alpha value is -1.79. The van der Waals surface area contributed by atoms with E-state index in [9.17, 15) is 15.0 Å². The summed E-state index contributed by atoms with van der Waals surface area (Å²) in [6, 6.07) is 6.83. The maximum Gasteiger partial charge on any atom is 0.407 e. The Labute approximate surface area is 143 Å². The average molecular weight is 339 g/mol. The number of hydrogen-bond acceptors (Lipinski definition) is 5. The van der Waals surface area contributed by atoms with Crippen molar-refractivity contribution in [2.45, 2.75) is 65.0 Å². The lowest BCUT2D eigenvalue weighted by Crippen LogP contribution is -2.38.